The Morgan fingerprint density at radius 3 is 2.67 bits per heavy atom. The zero-order chi connectivity index (χ0) is 7.28. The summed E-state index contributed by atoms with van der Waals surface area (Å²) < 4.78 is 0. The first-order valence-electron chi connectivity index (χ1n) is 2.79. The van der Waals surface area contributed by atoms with Crippen LogP contribution in [0.5, 0.6) is 0 Å². The van der Waals surface area contributed by atoms with Gasteiger partial charge in [-0.05, 0) is 6.92 Å². The van der Waals surface area contributed by atoms with Crippen LogP contribution in [0, 0.1) is 5.41 Å². The highest BCUT2D eigenvalue weighted by molar-refractivity contribution is 5.73. The molecule has 9 heavy (non-hydrogen) atoms. The van der Waals surface area contributed by atoms with Crippen molar-refractivity contribution in [1.82, 2.24) is 5.32 Å². The molecule has 1 unspecified atom stereocenters. The lowest BCUT2D eigenvalue weighted by atomic mass is 10.3. The highest BCUT2D eigenvalue weighted by Gasteiger charge is 1.91. The predicted octanol–water partition coefficient (Wildman–Crippen LogP) is 1.31. The molecule has 2 N–H and O–H groups in total. The van der Waals surface area contributed by atoms with Crippen LogP contribution in [-0.4, -0.2) is 12.3 Å². The summed E-state index contributed by atoms with van der Waals surface area (Å²) in [4.78, 5) is 0. The van der Waals surface area contributed by atoms with E-state index in [1.165, 1.54) is 6.21 Å². The standard InChI is InChI=1S/C7H12N2/c1-4-6(2)9-7(3)5-8/h4-6,8-9H,1,3H2,2H3. The van der Waals surface area contributed by atoms with E-state index in [-0.39, 0.29) is 6.04 Å². The molecule has 0 aliphatic rings. The largest absolute Gasteiger partial charge is 0.378 e. The van der Waals surface area contributed by atoms with Crippen molar-refractivity contribution in [2.75, 3.05) is 0 Å². The summed E-state index contributed by atoms with van der Waals surface area (Å²) in [6.45, 7) is 9.07. The summed E-state index contributed by atoms with van der Waals surface area (Å²) in [5.41, 5.74) is 0.613. The van der Waals surface area contributed by atoms with Gasteiger partial charge < -0.3 is 10.7 Å². The molecule has 0 bridgehead atoms. The first kappa shape index (κ1) is 7.95. The van der Waals surface area contributed by atoms with E-state index in [0.717, 1.165) is 0 Å². The van der Waals surface area contributed by atoms with Crippen LogP contribution in [0.2, 0.25) is 0 Å². The second-order valence-corrected chi connectivity index (χ2v) is 1.84. The molecule has 0 amide bonds. The van der Waals surface area contributed by atoms with Crippen LogP contribution < -0.4 is 5.32 Å². The molecule has 0 saturated heterocycles. The maximum atomic E-state index is 6.76. The Balaban J connectivity index is 3.58. The topological polar surface area (TPSA) is 35.9 Å². The lowest BCUT2D eigenvalue weighted by molar-refractivity contribution is 0.756. The van der Waals surface area contributed by atoms with Gasteiger partial charge in [-0.2, -0.15) is 0 Å². The van der Waals surface area contributed by atoms with E-state index in [4.69, 9.17) is 5.41 Å². The Morgan fingerprint density at radius 1 is 1.78 bits per heavy atom. The van der Waals surface area contributed by atoms with Crippen molar-refractivity contribution in [3.8, 4) is 0 Å². The number of nitrogens with one attached hydrogen (secondary N) is 2. The van der Waals surface area contributed by atoms with Gasteiger partial charge in [0.15, 0.2) is 0 Å². The van der Waals surface area contributed by atoms with Gasteiger partial charge in [-0.1, -0.05) is 12.7 Å². The first-order valence-corrected chi connectivity index (χ1v) is 2.79. The molecule has 0 heterocycles. The average Bonchev–Trinajstić information content (AvgIpc) is 1.87. The molecule has 0 aliphatic heterocycles. The molecular weight excluding hydrogens is 112 g/mol. The van der Waals surface area contributed by atoms with Crippen LogP contribution >= 0.6 is 0 Å². The van der Waals surface area contributed by atoms with E-state index in [1.807, 2.05) is 6.92 Å². The fourth-order valence-corrected chi connectivity index (χ4v) is 0.393. The van der Waals surface area contributed by atoms with E-state index in [2.05, 4.69) is 18.5 Å². The number of hydrogen-bond donors (Lipinski definition) is 2. The maximum absolute atomic E-state index is 6.76. The quantitative estimate of drug-likeness (QED) is 0.430. The van der Waals surface area contributed by atoms with Gasteiger partial charge in [0.05, 0.1) is 0 Å². The highest BCUT2D eigenvalue weighted by Crippen LogP contribution is 1.84. The van der Waals surface area contributed by atoms with Crippen LogP contribution in [0.3, 0.4) is 0 Å². The molecule has 2 heteroatoms. The van der Waals surface area contributed by atoms with Gasteiger partial charge in [0.25, 0.3) is 0 Å². The van der Waals surface area contributed by atoms with Crippen LogP contribution in [0.25, 0.3) is 0 Å². The second-order valence-electron chi connectivity index (χ2n) is 1.84. The van der Waals surface area contributed by atoms with Crippen LogP contribution in [0.15, 0.2) is 24.9 Å². The van der Waals surface area contributed by atoms with Crippen LogP contribution in [-0.2, 0) is 0 Å². The smallest absolute Gasteiger partial charge is 0.0450 e. The predicted molar refractivity (Wildman–Crippen MR) is 40.7 cm³/mol. The fraction of sp³-hybridized carbons (Fsp3) is 0.286. The van der Waals surface area contributed by atoms with Crippen molar-refractivity contribution < 1.29 is 0 Å². The zero-order valence-electron chi connectivity index (χ0n) is 5.65. The Hall–Kier alpha value is -1.05. The first-order chi connectivity index (χ1) is 4.20. The molecule has 0 fully saturated rings. The van der Waals surface area contributed by atoms with E-state index < -0.39 is 0 Å². The van der Waals surface area contributed by atoms with E-state index >= 15 is 0 Å². The molecule has 0 saturated carbocycles. The Kier molecular flexibility index (Phi) is 3.44. The maximum Gasteiger partial charge on any atom is 0.0450 e. The minimum absolute atomic E-state index is 0.194. The van der Waals surface area contributed by atoms with Crippen molar-refractivity contribution in [3.05, 3.63) is 24.9 Å². The van der Waals surface area contributed by atoms with Gasteiger partial charge in [0, 0.05) is 18.0 Å². The highest BCUT2D eigenvalue weighted by atomic mass is 14.9. The monoisotopic (exact) mass is 124 g/mol. The van der Waals surface area contributed by atoms with Gasteiger partial charge in [-0.25, -0.2) is 0 Å². The zero-order valence-corrected chi connectivity index (χ0v) is 5.65. The van der Waals surface area contributed by atoms with Crippen molar-refractivity contribution in [1.29, 1.82) is 5.41 Å². The molecule has 0 aromatic rings. The lowest BCUT2D eigenvalue weighted by Crippen LogP contribution is -2.22. The number of allylic oxidation sites excluding steroid dienone is 1. The normalized spacial score (nSPS) is 11.7. The van der Waals surface area contributed by atoms with Crippen molar-refractivity contribution >= 4 is 6.21 Å². The van der Waals surface area contributed by atoms with Gasteiger partial charge >= 0.3 is 0 Å². The summed E-state index contributed by atoms with van der Waals surface area (Å²) >= 11 is 0. The number of hydrogen-bond acceptors (Lipinski definition) is 2. The minimum atomic E-state index is 0.194. The van der Waals surface area contributed by atoms with Crippen molar-refractivity contribution in [2.45, 2.75) is 13.0 Å². The Morgan fingerprint density at radius 2 is 2.33 bits per heavy atom. The molecule has 1 atom stereocenters. The summed E-state index contributed by atoms with van der Waals surface area (Å²) in [5.74, 6) is 0. The average molecular weight is 124 g/mol. The molecule has 0 spiro atoms. The number of rotatable bonds is 4. The van der Waals surface area contributed by atoms with Gasteiger partial charge in [0.2, 0.25) is 0 Å². The van der Waals surface area contributed by atoms with Crippen molar-refractivity contribution in [2.24, 2.45) is 0 Å². The van der Waals surface area contributed by atoms with E-state index in [1.54, 1.807) is 6.08 Å². The lowest BCUT2D eigenvalue weighted by Gasteiger charge is -2.08. The second kappa shape index (κ2) is 3.89. The van der Waals surface area contributed by atoms with Crippen LogP contribution in [0.4, 0.5) is 0 Å². The molecule has 0 rings (SSSR count). The van der Waals surface area contributed by atoms with E-state index in [0.29, 0.717) is 5.70 Å². The van der Waals surface area contributed by atoms with E-state index in [9.17, 15) is 0 Å². The SMILES string of the molecule is C=CC(C)NC(=C)C=N. The third kappa shape index (κ3) is 3.53. The summed E-state index contributed by atoms with van der Waals surface area (Å²) in [5, 5.41) is 9.68. The molecule has 0 aromatic heterocycles. The summed E-state index contributed by atoms with van der Waals surface area (Å²) in [6.07, 6.45) is 2.94. The molecule has 0 aliphatic carbocycles. The third-order valence-corrected chi connectivity index (χ3v) is 0.941. The van der Waals surface area contributed by atoms with Gasteiger partial charge in [-0.3, -0.25) is 0 Å². The molecule has 0 radical (unpaired) electrons. The van der Waals surface area contributed by atoms with Gasteiger partial charge in [-0.15, -0.1) is 6.58 Å². The Labute approximate surface area is 55.8 Å². The molecule has 50 valence electrons. The van der Waals surface area contributed by atoms with Gasteiger partial charge in [0.1, 0.15) is 0 Å². The Bertz CT molecular complexity index is 127. The molecule has 0 aromatic carbocycles. The summed E-state index contributed by atoms with van der Waals surface area (Å²) in [6, 6.07) is 0.194. The molecular formula is C7H12N2. The fourth-order valence-electron chi connectivity index (χ4n) is 0.393. The molecule has 2 nitrogen and oxygen atoms in total. The minimum Gasteiger partial charge on any atom is -0.378 e. The third-order valence-electron chi connectivity index (χ3n) is 0.941. The van der Waals surface area contributed by atoms with Crippen molar-refractivity contribution in [3.63, 3.8) is 0 Å². The summed E-state index contributed by atoms with van der Waals surface area (Å²) in [7, 11) is 0. The van der Waals surface area contributed by atoms with Crippen LogP contribution in [0.1, 0.15) is 6.92 Å².